The van der Waals surface area contributed by atoms with Crippen LogP contribution in [0.2, 0.25) is 0 Å². The van der Waals surface area contributed by atoms with Gasteiger partial charge in [0.05, 0.1) is 17.9 Å². The number of nitrogens with zero attached hydrogens (tertiary/aromatic N) is 3. The minimum atomic E-state index is 0.405. The van der Waals surface area contributed by atoms with Crippen LogP contribution in [0.1, 0.15) is 53.9 Å². The maximum atomic E-state index is 4.58. The summed E-state index contributed by atoms with van der Waals surface area (Å²) in [5.74, 6) is 0. The van der Waals surface area contributed by atoms with Crippen LogP contribution < -0.4 is 5.32 Å². The second-order valence-electron chi connectivity index (χ2n) is 5.92. The molecule has 0 spiro atoms. The van der Waals surface area contributed by atoms with E-state index in [1.807, 2.05) is 30.2 Å². The molecular formula is C16H20N4. The molecule has 0 aliphatic heterocycles. The van der Waals surface area contributed by atoms with E-state index in [-0.39, 0.29) is 0 Å². The molecule has 2 aromatic heterocycles. The van der Waals surface area contributed by atoms with Gasteiger partial charge < -0.3 is 5.32 Å². The lowest BCUT2D eigenvalue weighted by Crippen LogP contribution is -2.28. The van der Waals surface area contributed by atoms with E-state index in [0.29, 0.717) is 12.1 Å². The molecule has 2 heterocycles. The Hall–Kier alpha value is -1.68. The SMILES string of the molecule is Cn1ncc2c1CCCC2NC1CCc2cccnc21. The Morgan fingerprint density at radius 3 is 3.15 bits per heavy atom. The molecule has 4 heteroatoms. The van der Waals surface area contributed by atoms with E-state index >= 15 is 0 Å². The zero-order chi connectivity index (χ0) is 13.5. The predicted molar refractivity (Wildman–Crippen MR) is 77.3 cm³/mol. The predicted octanol–water partition coefficient (Wildman–Crippen LogP) is 2.47. The van der Waals surface area contributed by atoms with Gasteiger partial charge in [-0.2, -0.15) is 5.10 Å². The van der Waals surface area contributed by atoms with E-state index in [9.17, 15) is 0 Å². The van der Waals surface area contributed by atoms with Gasteiger partial charge in [0, 0.05) is 30.5 Å². The van der Waals surface area contributed by atoms with Gasteiger partial charge in [-0.1, -0.05) is 6.07 Å². The van der Waals surface area contributed by atoms with Crippen LogP contribution in [0.25, 0.3) is 0 Å². The Morgan fingerprint density at radius 1 is 1.25 bits per heavy atom. The van der Waals surface area contributed by atoms with Gasteiger partial charge in [0.2, 0.25) is 0 Å². The molecule has 20 heavy (non-hydrogen) atoms. The van der Waals surface area contributed by atoms with Crippen LogP contribution in [0.15, 0.2) is 24.5 Å². The third-order valence-corrected chi connectivity index (χ3v) is 4.74. The van der Waals surface area contributed by atoms with Crippen molar-refractivity contribution in [2.75, 3.05) is 0 Å². The lowest BCUT2D eigenvalue weighted by molar-refractivity contribution is 0.391. The molecule has 104 valence electrons. The van der Waals surface area contributed by atoms with E-state index in [2.05, 4.69) is 21.5 Å². The quantitative estimate of drug-likeness (QED) is 0.910. The average molecular weight is 268 g/mol. The summed E-state index contributed by atoms with van der Waals surface area (Å²) < 4.78 is 2.03. The first-order valence-corrected chi connectivity index (χ1v) is 7.53. The van der Waals surface area contributed by atoms with Crippen molar-refractivity contribution in [2.24, 2.45) is 7.05 Å². The first kappa shape index (κ1) is 12.1. The fraction of sp³-hybridized carbons (Fsp3) is 0.500. The standard InChI is InChI=1S/C16H20N4/c1-20-15-6-2-5-13(12(15)10-18-20)19-14-8-7-11-4-3-9-17-16(11)14/h3-4,9-10,13-14,19H,2,5-8H2,1H3. The fourth-order valence-corrected chi connectivity index (χ4v) is 3.70. The summed E-state index contributed by atoms with van der Waals surface area (Å²) in [6, 6.07) is 5.09. The van der Waals surface area contributed by atoms with Gasteiger partial charge >= 0.3 is 0 Å². The van der Waals surface area contributed by atoms with Crippen molar-refractivity contribution in [1.82, 2.24) is 20.1 Å². The van der Waals surface area contributed by atoms with E-state index in [1.165, 1.54) is 41.8 Å². The van der Waals surface area contributed by atoms with Crippen molar-refractivity contribution in [3.8, 4) is 0 Å². The van der Waals surface area contributed by atoms with Crippen LogP contribution in [0.4, 0.5) is 0 Å². The highest BCUT2D eigenvalue weighted by molar-refractivity contribution is 5.30. The Morgan fingerprint density at radius 2 is 2.20 bits per heavy atom. The molecule has 4 nitrogen and oxygen atoms in total. The molecule has 0 aromatic carbocycles. The minimum absolute atomic E-state index is 0.405. The minimum Gasteiger partial charge on any atom is -0.302 e. The second kappa shape index (κ2) is 4.70. The molecule has 0 bridgehead atoms. The van der Waals surface area contributed by atoms with Crippen molar-refractivity contribution in [3.63, 3.8) is 0 Å². The van der Waals surface area contributed by atoms with Crippen LogP contribution in [0.3, 0.4) is 0 Å². The molecule has 0 saturated carbocycles. The zero-order valence-corrected chi connectivity index (χ0v) is 11.8. The summed E-state index contributed by atoms with van der Waals surface area (Å²) in [7, 11) is 2.05. The van der Waals surface area contributed by atoms with Gasteiger partial charge in [-0.05, 0) is 43.7 Å². The molecule has 2 aliphatic carbocycles. The monoisotopic (exact) mass is 268 g/mol. The van der Waals surface area contributed by atoms with Crippen molar-refractivity contribution in [3.05, 3.63) is 47.0 Å². The summed E-state index contributed by atoms with van der Waals surface area (Å²) in [4.78, 5) is 4.58. The average Bonchev–Trinajstić information content (AvgIpc) is 3.05. The highest BCUT2D eigenvalue weighted by Gasteiger charge is 2.29. The number of fused-ring (bicyclic) bond motifs is 2. The van der Waals surface area contributed by atoms with Crippen LogP contribution in [-0.2, 0) is 19.9 Å². The van der Waals surface area contributed by atoms with E-state index in [0.717, 1.165) is 12.8 Å². The first-order valence-electron chi connectivity index (χ1n) is 7.53. The van der Waals surface area contributed by atoms with Crippen LogP contribution in [0.5, 0.6) is 0 Å². The Labute approximate surface area is 119 Å². The van der Waals surface area contributed by atoms with E-state index in [1.54, 1.807) is 0 Å². The van der Waals surface area contributed by atoms with Gasteiger partial charge in [0.25, 0.3) is 0 Å². The number of rotatable bonds is 2. The zero-order valence-electron chi connectivity index (χ0n) is 11.8. The number of hydrogen-bond acceptors (Lipinski definition) is 3. The number of hydrogen-bond donors (Lipinski definition) is 1. The molecule has 0 amide bonds. The number of nitrogens with one attached hydrogen (secondary N) is 1. The van der Waals surface area contributed by atoms with Gasteiger partial charge in [-0.15, -0.1) is 0 Å². The van der Waals surface area contributed by atoms with Crippen LogP contribution >= 0.6 is 0 Å². The molecule has 2 aliphatic rings. The molecular weight excluding hydrogens is 248 g/mol. The van der Waals surface area contributed by atoms with E-state index < -0.39 is 0 Å². The van der Waals surface area contributed by atoms with Gasteiger partial charge in [0.1, 0.15) is 0 Å². The third-order valence-electron chi connectivity index (χ3n) is 4.74. The molecule has 1 N–H and O–H groups in total. The van der Waals surface area contributed by atoms with Crippen molar-refractivity contribution < 1.29 is 0 Å². The Bertz CT molecular complexity index is 631. The summed E-state index contributed by atoms with van der Waals surface area (Å²) in [5.41, 5.74) is 5.45. The van der Waals surface area contributed by atoms with Crippen molar-refractivity contribution in [1.29, 1.82) is 0 Å². The molecule has 4 rings (SSSR count). The maximum absolute atomic E-state index is 4.58. The topological polar surface area (TPSA) is 42.7 Å². The summed E-state index contributed by atoms with van der Waals surface area (Å²) >= 11 is 0. The van der Waals surface area contributed by atoms with Crippen LogP contribution in [-0.4, -0.2) is 14.8 Å². The molecule has 2 atom stereocenters. The first-order chi connectivity index (χ1) is 9.83. The molecule has 0 radical (unpaired) electrons. The molecule has 2 unspecified atom stereocenters. The summed E-state index contributed by atoms with van der Waals surface area (Å²) in [6.07, 6.45) is 9.87. The van der Waals surface area contributed by atoms with Crippen molar-refractivity contribution in [2.45, 2.75) is 44.2 Å². The number of aromatic nitrogens is 3. The van der Waals surface area contributed by atoms with Crippen LogP contribution in [0, 0.1) is 0 Å². The highest BCUT2D eigenvalue weighted by Crippen LogP contribution is 2.35. The highest BCUT2D eigenvalue weighted by atomic mass is 15.3. The summed E-state index contributed by atoms with van der Waals surface area (Å²) in [5, 5.41) is 8.26. The molecule has 0 fully saturated rings. The maximum Gasteiger partial charge on any atom is 0.0605 e. The number of pyridine rings is 1. The molecule has 2 aromatic rings. The largest absolute Gasteiger partial charge is 0.302 e. The van der Waals surface area contributed by atoms with Crippen molar-refractivity contribution >= 4 is 0 Å². The number of aryl methyl sites for hydroxylation is 2. The molecule has 0 saturated heterocycles. The lowest BCUT2D eigenvalue weighted by atomic mass is 9.92. The van der Waals surface area contributed by atoms with Gasteiger partial charge in [0.15, 0.2) is 0 Å². The van der Waals surface area contributed by atoms with E-state index in [4.69, 9.17) is 0 Å². The summed E-state index contributed by atoms with van der Waals surface area (Å²) in [6.45, 7) is 0. The second-order valence-corrected chi connectivity index (χ2v) is 5.92. The van der Waals surface area contributed by atoms with Gasteiger partial charge in [-0.3, -0.25) is 9.67 Å². The normalized spacial score (nSPS) is 24.4. The Kier molecular flexibility index (Phi) is 2.84. The third kappa shape index (κ3) is 1.86. The smallest absolute Gasteiger partial charge is 0.0605 e. The Balaban J connectivity index is 1.59. The van der Waals surface area contributed by atoms with Gasteiger partial charge in [-0.25, -0.2) is 0 Å². The fourth-order valence-electron chi connectivity index (χ4n) is 3.70. The lowest BCUT2D eigenvalue weighted by Gasteiger charge is -2.27.